The monoisotopic (exact) mass is 277 g/mol. The molecule has 0 spiro atoms. The summed E-state index contributed by atoms with van der Waals surface area (Å²) in [7, 11) is 0. The van der Waals surface area contributed by atoms with E-state index in [0.717, 1.165) is 5.56 Å². The summed E-state index contributed by atoms with van der Waals surface area (Å²) < 4.78 is 0. The van der Waals surface area contributed by atoms with E-state index in [-0.39, 0.29) is 24.9 Å². The Hall–Kier alpha value is -1.84. The van der Waals surface area contributed by atoms with Crippen LogP contribution in [0.5, 0.6) is 0 Å². The molecular formula is C16H23NO3. The quantitative estimate of drug-likeness (QED) is 0.899. The average molecular weight is 277 g/mol. The molecule has 1 aromatic rings. The maximum absolute atomic E-state index is 12.5. The number of hydrogen-bond donors (Lipinski definition) is 1. The lowest BCUT2D eigenvalue weighted by Gasteiger charge is -2.34. The third-order valence-corrected chi connectivity index (χ3v) is 3.22. The van der Waals surface area contributed by atoms with Crippen molar-refractivity contribution in [3.8, 4) is 0 Å². The Morgan fingerprint density at radius 2 is 1.75 bits per heavy atom. The van der Waals surface area contributed by atoms with Crippen molar-refractivity contribution in [3.05, 3.63) is 35.9 Å². The SMILES string of the molecule is CC(c1ccccc1)N(CCC(=O)O)C(=O)C(C)(C)C. The minimum atomic E-state index is -0.892. The second-order valence-corrected chi connectivity index (χ2v) is 5.98. The third kappa shape index (κ3) is 4.37. The van der Waals surface area contributed by atoms with Crippen LogP contribution in [0.15, 0.2) is 30.3 Å². The van der Waals surface area contributed by atoms with Crippen molar-refractivity contribution in [2.24, 2.45) is 5.41 Å². The zero-order valence-electron chi connectivity index (χ0n) is 12.6. The van der Waals surface area contributed by atoms with Gasteiger partial charge >= 0.3 is 5.97 Å². The molecule has 0 aliphatic heterocycles. The topological polar surface area (TPSA) is 57.6 Å². The summed E-state index contributed by atoms with van der Waals surface area (Å²) in [4.78, 5) is 25.0. The molecule has 20 heavy (non-hydrogen) atoms. The van der Waals surface area contributed by atoms with Gasteiger partial charge in [0.15, 0.2) is 0 Å². The molecule has 0 aromatic heterocycles. The summed E-state index contributed by atoms with van der Waals surface area (Å²) in [6, 6.07) is 9.53. The number of carboxylic acid groups (broad SMARTS) is 1. The summed E-state index contributed by atoms with van der Waals surface area (Å²) in [5.41, 5.74) is 0.483. The number of rotatable bonds is 5. The Bertz CT molecular complexity index is 462. The van der Waals surface area contributed by atoms with E-state index >= 15 is 0 Å². The molecule has 0 saturated heterocycles. The predicted octanol–water partition coefficient (Wildman–Crippen LogP) is 3.10. The highest BCUT2D eigenvalue weighted by Gasteiger charge is 2.30. The fourth-order valence-electron chi connectivity index (χ4n) is 2.03. The van der Waals surface area contributed by atoms with Crippen molar-refractivity contribution in [1.29, 1.82) is 0 Å². The molecule has 110 valence electrons. The highest BCUT2D eigenvalue weighted by Crippen LogP contribution is 2.26. The van der Waals surface area contributed by atoms with Gasteiger partial charge in [0, 0.05) is 12.0 Å². The van der Waals surface area contributed by atoms with Crippen LogP contribution in [-0.2, 0) is 9.59 Å². The zero-order chi connectivity index (χ0) is 15.3. The highest BCUT2D eigenvalue weighted by molar-refractivity contribution is 5.82. The molecule has 4 nitrogen and oxygen atoms in total. The minimum absolute atomic E-state index is 0.0323. The fourth-order valence-corrected chi connectivity index (χ4v) is 2.03. The first-order valence-corrected chi connectivity index (χ1v) is 6.81. The fraction of sp³-hybridized carbons (Fsp3) is 0.500. The lowest BCUT2D eigenvalue weighted by molar-refractivity contribution is -0.143. The van der Waals surface area contributed by atoms with E-state index in [4.69, 9.17) is 5.11 Å². The Morgan fingerprint density at radius 1 is 1.20 bits per heavy atom. The van der Waals surface area contributed by atoms with Gasteiger partial charge in [-0.3, -0.25) is 9.59 Å². The van der Waals surface area contributed by atoms with Crippen molar-refractivity contribution in [3.63, 3.8) is 0 Å². The molecule has 1 atom stereocenters. The number of carbonyl (C=O) groups is 2. The number of benzene rings is 1. The molecule has 4 heteroatoms. The Morgan fingerprint density at radius 3 is 2.20 bits per heavy atom. The van der Waals surface area contributed by atoms with Gasteiger partial charge in [-0.2, -0.15) is 0 Å². The number of hydrogen-bond acceptors (Lipinski definition) is 2. The van der Waals surface area contributed by atoms with Gasteiger partial charge in [0.05, 0.1) is 12.5 Å². The maximum atomic E-state index is 12.5. The molecule has 1 unspecified atom stereocenters. The molecule has 1 rings (SSSR count). The Balaban J connectivity index is 2.98. The second-order valence-electron chi connectivity index (χ2n) is 5.98. The van der Waals surface area contributed by atoms with Crippen molar-refractivity contribution < 1.29 is 14.7 Å². The summed E-state index contributed by atoms with van der Waals surface area (Å²) in [6.45, 7) is 7.70. The van der Waals surface area contributed by atoms with Gasteiger partial charge in [-0.05, 0) is 12.5 Å². The van der Waals surface area contributed by atoms with Crippen LogP contribution in [0.1, 0.15) is 45.7 Å². The number of carbonyl (C=O) groups excluding carboxylic acids is 1. The van der Waals surface area contributed by atoms with Crippen molar-refractivity contribution in [1.82, 2.24) is 4.90 Å². The van der Waals surface area contributed by atoms with Gasteiger partial charge in [0.2, 0.25) is 5.91 Å². The number of amides is 1. The smallest absolute Gasteiger partial charge is 0.305 e. The van der Waals surface area contributed by atoms with E-state index in [0.29, 0.717) is 0 Å². The van der Waals surface area contributed by atoms with Gasteiger partial charge in [-0.1, -0.05) is 51.1 Å². The summed E-state index contributed by atoms with van der Waals surface area (Å²) in [6.07, 6.45) is -0.0427. The number of nitrogens with zero attached hydrogens (tertiary/aromatic N) is 1. The molecule has 0 aliphatic carbocycles. The van der Waals surface area contributed by atoms with E-state index in [1.165, 1.54) is 0 Å². The van der Waals surface area contributed by atoms with Crippen molar-refractivity contribution >= 4 is 11.9 Å². The van der Waals surface area contributed by atoms with Crippen molar-refractivity contribution in [2.75, 3.05) is 6.54 Å². The van der Waals surface area contributed by atoms with E-state index in [1.54, 1.807) is 4.90 Å². The van der Waals surface area contributed by atoms with Gasteiger partial charge < -0.3 is 10.0 Å². The molecule has 1 aromatic carbocycles. The lowest BCUT2D eigenvalue weighted by Crippen LogP contribution is -2.42. The van der Waals surface area contributed by atoms with E-state index in [2.05, 4.69) is 0 Å². The van der Waals surface area contributed by atoms with Gasteiger partial charge in [-0.15, -0.1) is 0 Å². The van der Waals surface area contributed by atoms with Crippen LogP contribution in [-0.4, -0.2) is 28.4 Å². The number of aliphatic carboxylic acids is 1. The summed E-state index contributed by atoms with van der Waals surface area (Å²) >= 11 is 0. The van der Waals surface area contributed by atoms with Crippen LogP contribution in [0, 0.1) is 5.41 Å². The average Bonchev–Trinajstić information content (AvgIpc) is 2.38. The zero-order valence-corrected chi connectivity index (χ0v) is 12.6. The highest BCUT2D eigenvalue weighted by atomic mass is 16.4. The number of carboxylic acids is 1. The van der Waals surface area contributed by atoms with Crippen LogP contribution in [0.25, 0.3) is 0 Å². The summed E-state index contributed by atoms with van der Waals surface area (Å²) in [5.74, 6) is -0.924. The second kappa shape index (κ2) is 6.55. The van der Waals surface area contributed by atoms with Crippen LogP contribution in [0.4, 0.5) is 0 Å². The van der Waals surface area contributed by atoms with Crippen LogP contribution >= 0.6 is 0 Å². The van der Waals surface area contributed by atoms with E-state index < -0.39 is 11.4 Å². The molecule has 0 bridgehead atoms. The largest absolute Gasteiger partial charge is 0.481 e. The first kappa shape index (κ1) is 16.2. The van der Waals surface area contributed by atoms with Crippen LogP contribution in [0.2, 0.25) is 0 Å². The van der Waals surface area contributed by atoms with Gasteiger partial charge in [0.1, 0.15) is 0 Å². The summed E-state index contributed by atoms with van der Waals surface area (Å²) in [5, 5.41) is 8.86. The normalized spacial score (nSPS) is 12.8. The third-order valence-electron chi connectivity index (χ3n) is 3.22. The van der Waals surface area contributed by atoms with Gasteiger partial charge in [-0.25, -0.2) is 0 Å². The minimum Gasteiger partial charge on any atom is -0.481 e. The molecule has 1 amide bonds. The lowest BCUT2D eigenvalue weighted by atomic mass is 9.93. The standard InChI is InChI=1S/C16H23NO3/c1-12(13-8-6-5-7-9-13)17(11-10-14(18)19)15(20)16(2,3)4/h5-9,12H,10-11H2,1-4H3,(H,18,19). The van der Waals surface area contributed by atoms with Crippen LogP contribution < -0.4 is 0 Å². The van der Waals surface area contributed by atoms with Crippen molar-refractivity contribution in [2.45, 2.75) is 40.2 Å². The first-order chi connectivity index (χ1) is 9.23. The molecular weight excluding hydrogens is 254 g/mol. The molecule has 0 saturated carbocycles. The maximum Gasteiger partial charge on any atom is 0.305 e. The molecule has 1 N–H and O–H groups in total. The molecule has 0 fully saturated rings. The first-order valence-electron chi connectivity index (χ1n) is 6.81. The Labute approximate surface area is 120 Å². The predicted molar refractivity (Wildman–Crippen MR) is 78.3 cm³/mol. The van der Waals surface area contributed by atoms with Crippen LogP contribution in [0.3, 0.4) is 0 Å². The van der Waals surface area contributed by atoms with E-state index in [9.17, 15) is 9.59 Å². The van der Waals surface area contributed by atoms with Gasteiger partial charge in [0.25, 0.3) is 0 Å². The molecule has 0 heterocycles. The molecule has 0 aliphatic rings. The Kier molecular flexibility index (Phi) is 5.31. The molecule has 0 radical (unpaired) electrons. The van der Waals surface area contributed by atoms with E-state index in [1.807, 2.05) is 58.0 Å².